The van der Waals surface area contributed by atoms with Crippen molar-refractivity contribution in [3.8, 4) is 6.07 Å². The molecule has 0 aliphatic heterocycles. The van der Waals surface area contributed by atoms with E-state index in [1.807, 2.05) is 6.07 Å². The highest BCUT2D eigenvalue weighted by Crippen LogP contribution is 2.56. The average molecular weight is 211 g/mol. The van der Waals surface area contributed by atoms with Crippen LogP contribution >= 0.6 is 0 Å². The molecule has 0 saturated heterocycles. The lowest BCUT2D eigenvalue weighted by atomic mass is 9.52. The second-order valence-corrected chi connectivity index (χ2v) is 5.99. The Hall–Kier alpha value is -1.29. The number of hydrogen-bond donors (Lipinski definition) is 0. The van der Waals surface area contributed by atoms with Crippen LogP contribution in [0, 0.1) is 11.3 Å². The molecule has 0 heterocycles. The maximum atomic E-state index is 9.01. The summed E-state index contributed by atoms with van der Waals surface area (Å²) in [5.41, 5.74) is 4.48. The van der Waals surface area contributed by atoms with E-state index in [2.05, 4.69) is 32.0 Å². The molecule has 0 aromatic heterocycles. The zero-order valence-electron chi connectivity index (χ0n) is 10.0. The van der Waals surface area contributed by atoms with Crippen LogP contribution in [-0.2, 0) is 10.8 Å². The lowest BCUT2D eigenvalue weighted by Gasteiger charge is -2.52. The molecule has 0 radical (unpaired) electrons. The first-order valence-corrected chi connectivity index (χ1v) is 6.13. The second kappa shape index (κ2) is 2.88. The molecular formula is C15H17N. The highest BCUT2D eigenvalue weighted by Gasteiger charge is 2.47. The Kier molecular flexibility index (Phi) is 1.79. The van der Waals surface area contributed by atoms with Crippen molar-refractivity contribution in [2.24, 2.45) is 0 Å². The standard InChI is InChI=1S/C15H17N/c1-14-5-7-15(2,8-6-14)13-9-11(10-16)3-4-12(13)14/h3-4,9H,5-8H2,1-2H3. The topological polar surface area (TPSA) is 23.8 Å². The maximum Gasteiger partial charge on any atom is 0.0991 e. The molecule has 1 aromatic carbocycles. The second-order valence-electron chi connectivity index (χ2n) is 5.99. The number of rotatable bonds is 0. The fraction of sp³-hybridized carbons (Fsp3) is 0.533. The van der Waals surface area contributed by atoms with Crippen LogP contribution in [-0.4, -0.2) is 0 Å². The van der Waals surface area contributed by atoms with Crippen molar-refractivity contribution >= 4 is 0 Å². The molecule has 0 spiro atoms. The Bertz CT molecular complexity index is 485. The lowest BCUT2D eigenvalue weighted by molar-refractivity contribution is 0.187. The lowest BCUT2D eigenvalue weighted by Crippen LogP contribution is -2.44. The number of nitrogens with zero attached hydrogens (tertiary/aromatic N) is 1. The first-order valence-electron chi connectivity index (χ1n) is 6.13. The summed E-state index contributed by atoms with van der Waals surface area (Å²) in [5.74, 6) is 0. The van der Waals surface area contributed by atoms with Crippen LogP contribution < -0.4 is 0 Å². The zero-order valence-corrected chi connectivity index (χ0v) is 10.0. The van der Waals surface area contributed by atoms with Crippen LogP contribution in [0.25, 0.3) is 0 Å². The van der Waals surface area contributed by atoms with Gasteiger partial charge in [0.2, 0.25) is 0 Å². The van der Waals surface area contributed by atoms with Crippen LogP contribution in [0.5, 0.6) is 0 Å². The van der Waals surface area contributed by atoms with Gasteiger partial charge in [0.25, 0.3) is 0 Å². The van der Waals surface area contributed by atoms with Gasteiger partial charge in [-0.05, 0) is 59.8 Å². The van der Waals surface area contributed by atoms with Crippen molar-refractivity contribution in [2.45, 2.75) is 50.4 Å². The van der Waals surface area contributed by atoms with Crippen molar-refractivity contribution in [3.63, 3.8) is 0 Å². The van der Waals surface area contributed by atoms with Gasteiger partial charge in [0.1, 0.15) is 0 Å². The van der Waals surface area contributed by atoms with Crippen molar-refractivity contribution in [3.05, 3.63) is 34.9 Å². The van der Waals surface area contributed by atoms with Crippen molar-refractivity contribution in [1.82, 2.24) is 0 Å². The summed E-state index contributed by atoms with van der Waals surface area (Å²) < 4.78 is 0. The molecule has 16 heavy (non-hydrogen) atoms. The van der Waals surface area contributed by atoms with E-state index in [1.54, 1.807) is 0 Å². The van der Waals surface area contributed by atoms with Crippen LogP contribution in [0.3, 0.4) is 0 Å². The molecule has 0 N–H and O–H groups in total. The Balaban J connectivity index is 2.27. The van der Waals surface area contributed by atoms with E-state index >= 15 is 0 Å². The number of fused-ring (bicyclic) bond motifs is 2. The van der Waals surface area contributed by atoms with Gasteiger partial charge in [0.05, 0.1) is 11.6 Å². The van der Waals surface area contributed by atoms with E-state index in [4.69, 9.17) is 5.26 Å². The molecule has 1 saturated carbocycles. The minimum absolute atomic E-state index is 0.333. The number of benzene rings is 1. The van der Waals surface area contributed by atoms with Gasteiger partial charge >= 0.3 is 0 Å². The molecule has 3 aliphatic rings. The van der Waals surface area contributed by atoms with Gasteiger partial charge in [0.15, 0.2) is 0 Å². The fourth-order valence-corrected chi connectivity index (χ4v) is 3.53. The summed E-state index contributed by atoms with van der Waals surface area (Å²) in [4.78, 5) is 0. The molecule has 3 aliphatic carbocycles. The Labute approximate surface area is 97.1 Å². The quantitative estimate of drug-likeness (QED) is 0.642. The molecule has 1 fully saturated rings. The highest BCUT2D eigenvalue weighted by atomic mass is 14.5. The Morgan fingerprint density at radius 1 is 1.00 bits per heavy atom. The summed E-state index contributed by atoms with van der Waals surface area (Å²) in [5, 5.41) is 9.01. The van der Waals surface area contributed by atoms with Crippen LogP contribution in [0.4, 0.5) is 0 Å². The van der Waals surface area contributed by atoms with Gasteiger partial charge in [-0.15, -0.1) is 0 Å². The molecule has 4 rings (SSSR count). The summed E-state index contributed by atoms with van der Waals surface area (Å²) in [6.45, 7) is 4.75. The summed E-state index contributed by atoms with van der Waals surface area (Å²) in [7, 11) is 0. The predicted octanol–water partition coefficient (Wildman–Crippen LogP) is 3.66. The Morgan fingerprint density at radius 2 is 1.56 bits per heavy atom. The van der Waals surface area contributed by atoms with E-state index in [0.29, 0.717) is 10.8 Å². The predicted molar refractivity (Wildman–Crippen MR) is 64.3 cm³/mol. The SMILES string of the molecule is CC12CCC(C)(CC1)c1cc(C#N)ccc12. The monoisotopic (exact) mass is 211 g/mol. The average Bonchev–Trinajstić information content (AvgIpc) is 2.32. The highest BCUT2D eigenvalue weighted by molar-refractivity contribution is 5.49. The van der Waals surface area contributed by atoms with Crippen molar-refractivity contribution in [1.29, 1.82) is 5.26 Å². The van der Waals surface area contributed by atoms with Gasteiger partial charge < -0.3 is 0 Å². The number of nitriles is 1. The minimum Gasteiger partial charge on any atom is -0.192 e. The first kappa shape index (κ1) is 9.90. The molecule has 1 heteroatoms. The molecule has 1 nitrogen and oxygen atoms in total. The third kappa shape index (κ3) is 1.11. The third-order valence-electron chi connectivity index (χ3n) is 4.91. The van der Waals surface area contributed by atoms with E-state index in [1.165, 1.54) is 36.8 Å². The first-order chi connectivity index (χ1) is 7.57. The van der Waals surface area contributed by atoms with Gasteiger partial charge in [0, 0.05) is 0 Å². The summed E-state index contributed by atoms with van der Waals surface area (Å²) in [6, 6.07) is 8.58. The summed E-state index contributed by atoms with van der Waals surface area (Å²) in [6.07, 6.45) is 5.18. The van der Waals surface area contributed by atoms with E-state index in [0.717, 1.165) is 5.56 Å². The van der Waals surface area contributed by atoms with Crippen LogP contribution in [0.15, 0.2) is 18.2 Å². The molecule has 2 bridgehead atoms. The molecule has 0 amide bonds. The van der Waals surface area contributed by atoms with E-state index in [-0.39, 0.29) is 0 Å². The van der Waals surface area contributed by atoms with Gasteiger partial charge in [-0.25, -0.2) is 0 Å². The molecule has 82 valence electrons. The molecular weight excluding hydrogens is 194 g/mol. The van der Waals surface area contributed by atoms with Crippen LogP contribution in [0.1, 0.15) is 56.2 Å². The van der Waals surface area contributed by atoms with E-state index in [9.17, 15) is 0 Å². The number of hydrogen-bond acceptors (Lipinski definition) is 1. The maximum absolute atomic E-state index is 9.01. The van der Waals surface area contributed by atoms with Crippen molar-refractivity contribution < 1.29 is 0 Å². The fourth-order valence-electron chi connectivity index (χ4n) is 3.53. The summed E-state index contributed by atoms with van der Waals surface area (Å²) >= 11 is 0. The zero-order chi connectivity index (χ0) is 11.4. The molecule has 1 aromatic rings. The van der Waals surface area contributed by atoms with Crippen LogP contribution in [0.2, 0.25) is 0 Å². The molecule has 0 unspecified atom stereocenters. The van der Waals surface area contributed by atoms with Gasteiger partial charge in [-0.2, -0.15) is 5.26 Å². The smallest absolute Gasteiger partial charge is 0.0991 e. The van der Waals surface area contributed by atoms with E-state index < -0.39 is 0 Å². The van der Waals surface area contributed by atoms with Gasteiger partial charge in [-0.3, -0.25) is 0 Å². The third-order valence-corrected chi connectivity index (χ3v) is 4.91. The minimum atomic E-state index is 0.333. The normalized spacial score (nSPS) is 35.6. The van der Waals surface area contributed by atoms with Crippen molar-refractivity contribution in [2.75, 3.05) is 0 Å². The Morgan fingerprint density at radius 3 is 2.12 bits per heavy atom. The largest absolute Gasteiger partial charge is 0.192 e. The molecule has 0 atom stereocenters. The van der Waals surface area contributed by atoms with Gasteiger partial charge in [-0.1, -0.05) is 19.9 Å².